The first-order valence-corrected chi connectivity index (χ1v) is 8.53. The molecule has 126 valence electrons. The number of sulfonamides is 1. The Labute approximate surface area is 139 Å². The van der Waals surface area contributed by atoms with E-state index in [0.29, 0.717) is 30.3 Å². The number of rotatable bonds is 4. The standard InChI is InChI=1S/C15H24N2O3S.ClH/c1-11-12(2)14(6-5-13(11)20-4)21(18,19)17-8-7-15(3,9-16)10-17;/h5-6H,7-10,16H2,1-4H3;1H. The van der Waals surface area contributed by atoms with E-state index >= 15 is 0 Å². The summed E-state index contributed by atoms with van der Waals surface area (Å²) < 4.78 is 32.5. The quantitative estimate of drug-likeness (QED) is 0.904. The van der Waals surface area contributed by atoms with Crippen LogP contribution in [0.5, 0.6) is 5.75 Å². The van der Waals surface area contributed by atoms with Crippen molar-refractivity contribution in [3.05, 3.63) is 23.3 Å². The first-order valence-electron chi connectivity index (χ1n) is 7.09. The average Bonchev–Trinajstić information content (AvgIpc) is 2.85. The zero-order valence-electron chi connectivity index (χ0n) is 13.5. The highest BCUT2D eigenvalue weighted by Gasteiger charge is 2.39. The van der Waals surface area contributed by atoms with Gasteiger partial charge in [-0.1, -0.05) is 6.92 Å². The zero-order chi connectivity index (χ0) is 15.8. The first-order chi connectivity index (χ1) is 9.75. The zero-order valence-corrected chi connectivity index (χ0v) is 15.2. The number of ether oxygens (including phenoxy) is 1. The lowest BCUT2D eigenvalue weighted by Gasteiger charge is -2.23. The van der Waals surface area contributed by atoms with E-state index in [1.54, 1.807) is 23.5 Å². The van der Waals surface area contributed by atoms with E-state index < -0.39 is 10.0 Å². The minimum Gasteiger partial charge on any atom is -0.496 e. The summed E-state index contributed by atoms with van der Waals surface area (Å²) in [6, 6.07) is 3.35. The van der Waals surface area contributed by atoms with Gasteiger partial charge in [-0.05, 0) is 55.5 Å². The van der Waals surface area contributed by atoms with E-state index in [1.165, 1.54) is 0 Å². The van der Waals surface area contributed by atoms with Crippen molar-refractivity contribution in [1.29, 1.82) is 0 Å². The van der Waals surface area contributed by atoms with Crippen LogP contribution in [-0.4, -0.2) is 39.5 Å². The molecule has 0 saturated carbocycles. The van der Waals surface area contributed by atoms with Crippen molar-refractivity contribution in [3.8, 4) is 5.75 Å². The molecule has 1 unspecified atom stereocenters. The summed E-state index contributed by atoms with van der Waals surface area (Å²) in [5, 5.41) is 0. The van der Waals surface area contributed by atoms with Gasteiger partial charge in [0.05, 0.1) is 12.0 Å². The van der Waals surface area contributed by atoms with Gasteiger partial charge in [-0.2, -0.15) is 4.31 Å². The van der Waals surface area contributed by atoms with E-state index in [0.717, 1.165) is 17.5 Å². The number of benzene rings is 1. The molecule has 7 heteroatoms. The molecule has 22 heavy (non-hydrogen) atoms. The summed E-state index contributed by atoms with van der Waals surface area (Å²) in [6.07, 6.45) is 0.802. The Hall–Kier alpha value is -0.820. The predicted molar refractivity (Wildman–Crippen MR) is 90.3 cm³/mol. The van der Waals surface area contributed by atoms with E-state index in [9.17, 15) is 8.42 Å². The average molecular weight is 349 g/mol. The topological polar surface area (TPSA) is 72.6 Å². The maximum Gasteiger partial charge on any atom is 0.243 e. The summed E-state index contributed by atoms with van der Waals surface area (Å²) >= 11 is 0. The van der Waals surface area contributed by atoms with Crippen LogP contribution in [0, 0.1) is 19.3 Å². The third-order valence-corrected chi connectivity index (χ3v) is 6.53. The molecular formula is C15H25ClN2O3S. The van der Waals surface area contributed by atoms with Crippen LogP contribution in [0.2, 0.25) is 0 Å². The van der Waals surface area contributed by atoms with Crippen LogP contribution < -0.4 is 10.5 Å². The van der Waals surface area contributed by atoms with Gasteiger partial charge in [0.1, 0.15) is 5.75 Å². The van der Waals surface area contributed by atoms with Gasteiger partial charge in [-0.25, -0.2) is 8.42 Å². The molecule has 0 spiro atoms. The maximum atomic E-state index is 12.9. The van der Waals surface area contributed by atoms with Gasteiger partial charge < -0.3 is 10.5 Å². The summed E-state index contributed by atoms with van der Waals surface area (Å²) in [5.41, 5.74) is 7.25. The van der Waals surface area contributed by atoms with Crippen molar-refractivity contribution in [2.45, 2.75) is 32.1 Å². The van der Waals surface area contributed by atoms with Gasteiger partial charge in [0.2, 0.25) is 10.0 Å². The van der Waals surface area contributed by atoms with Gasteiger partial charge >= 0.3 is 0 Å². The van der Waals surface area contributed by atoms with Crippen LogP contribution in [0.3, 0.4) is 0 Å². The Kier molecular flexibility index (Phi) is 5.89. The van der Waals surface area contributed by atoms with Crippen molar-refractivity contribution in [2.24, 2.45) is 11.1 Å². The molecule has 0 aromatic heterocycles. The molecule has 1 aliphatic heterocycles. The van der Waals surface area contributed by atoms with E-state index in [4.69, 9.17) is 10.5 Å². The molecule has 2 rings (SSSR count). The third-order valence-electron chi connectivity index (χ3n) is 4.54. The van der Waals surface area contributed by atoms with E-state index in [-0.39, 0.29) is 17.8 Å². The highest BCUT2D eigenvalue weighted by atomic mass is 35.5. The Balaban J connectivity index is 0.00000242. The SMILES string of the molecule is COc1ccc(S(=O)(=O)N2CCC(C)(CN)C2)c(C)c1C.Cl. The number of hydrogen-bond donors (Lipinski definition) is 1. The molecule has 5 nitrogen and oxygen atoms in total. The minimum absolute atomic E-state index is 0. The highest BCUT2D eigenvalue weighted by molar-refractivity contribution is 7.89. The molecule has 1 aromatic rings. The van der Waals surface area contributed by atoms with Gasteiger partial charge in [0.25, 0.3) is 0 Å². The van der Waals surface area contributed by atoms with Crippen molar-refractivity contribution >= 4 is 22.4 Å². The summed E-state index contributed by atoms with van der Waals surface area (Å²) in [5.74, 6) is 0.708. The second kappa shape index (κ2) is 6.74. The molecule has 1 aromatic carbocycles. The normalized spacial score (nSPS) is 22.4. The fraction of sp³-hybridized carbons (Fsp3) is 0.600. The Morgan fingerprint density at radius 1 is 1.32 bits per heavy atom. The second-order valence-corrected chi connectivity index (χ2v) is 8.03. The third kappa shape index (κ3) is 3.25. The Morgan fingerprint density at radius 2 is 1.95 bits per heavy atom. The van der Waals surface area contributed by atoms with Crippen LogP contribution in [-0.2, 0) is 10.0 Å². The molecule has 1 fully saturated rings. The van der Waals surface area contributed by atoms with Crippen LogP contribution in [0.1, 0.15) is 24.5 Å². The molecule has 2 N–H and O–H groups in total. The van der Waals surface area contributed by atoms with Crippen molar-refractivity contribution in [2.75, 3.05) is 26.7 Å². The summed E-state index contributed by atoms with van der Waals surface area (Å²) in [6.45, 7) is 7.25. The monoisotopic (exact) mass is 348 g/mol. The lowest BCUT2D eigenvalue weighted by molar-refractivity contribution is 0.349. The Bertz CT molecular complexity index is 648. The number of halogens is 1. The van der Waals surface area contributed by atoms with E-state index in [1.807, 2.05) is 20.8 Å². The Morgan fingerprint density at radius 3 is 2.45 bits per heavy atom. The van der Waals surface area contributed by atoms with Crippen molar-refractivity contribution < 1.29 is 13.2 Å². The van der Waals surface area contributed by atoms with Gasteiger partial charge in [-0.3, -0.25) is 0 Å². The minimum atomic E-state index is -3.48. The van der Waals surface area contributed by atoms with Crippen LogP contribution in [0.15, 0.2) is 17.0 Å². The number of nitrogens with two attached hydrogens (primary N) is 1. The smallest absolute Gasteiger partial charge is 0.243 e. The van der Waals surface area contributed by atoms with Crippen LogP contribution in [0.25, 0.3) is 0 Å². The first kappa shape index (κ1) is 19.2. The van der Waals surface area contributed by atoms with Crippen molar-refractivity contribution in [1.82, 2.24) is 4.31 Å². The van der Waals surface area contributed by atoms with Crippen molar-refractivity contribution in [3.63, 3.8) is 0 Å². The molecule has 0 aliphatic carbocycles. The fourth-order valence-corrected chi connectivity index (χ4v) is 4.63. The van der Waals surface area contributed by atoms with Gasteiger partial charge in [0.15, 0.2) is 0 Å². The second-order valence-electron chi connectivity index (χ2n) is 6.12. The molecule has 1 atom stereocenters. The molecule has 1 aliphatic rings. The molecule has 0 bridgehead atoms. The van der Waals surface area contributed by atoms with Crippen LogP contribution >= 0.6 is 12.4 Å². The highest BCUT2D eigenvalue weighted by Crippen LogP contribution is 2.35. The van der Waals surface area contributed by atoms with Gasteiger partial charge in [0, 0.05) is 13.1 Å². The summed E-state index contributed by atoms with van der Waals surface area (Å²) in [7, 11) is -1.89. The lowest BCUT2D eigenvalue weighted by Crippen LogP contribution is -2.34. The number of hydrogen-bond acceptors (Lipinski definition) is 4. The molecular weight excluding hydrogens is 324 g/mol. The van der Waals surface area contributed by atoms with E-state index in [2.05, 4.69) is 0 Å². The predicted octanol–water partition coefficient (Wildman–Crippen LogP) is 2.09. The maximum absolute atomic E-state index is 12.9. The molecule has 1 heterocycles. The largest absolute Gasteiger partial charge is 0.496 e. The molecule has 1 saturated heterocycles. The summed E-state index contributed by atoms with van der Waals surface area (Å²) in [4.78, 5) is 0.363. The van der Waals surface area contributed by atoms with Gasteiger partial charge in [-0.15, -0.1) is 12.4 Å². The lowest BCUT2D eigenvalue weighted by atomic mass is 9.90. The fourth-order valence-electron chi connectivity index (χ4n) is 2.76. The number of methoxy groups -OCH3 is 1. The molecule has 0 radical (unpaired) electrons. The van der Waals surface area contributed by atoms with Crippen LogP contribution in [0.4, 0.5) is 0 Å². The number of nitrogens with zero attached hydrogens (tertiary/aromatic N) is 1. The molecule has 0 amide bonds.